The highest BCUT2D eigenvalue weighted by atomic mass is 32.2. The minimum absolute atomic E-state index is 0.182. The molecule has 0 radical (unpaired) electrons. The Kier molecular flexibility index (Phi) is 4.62. The van der Waals surface area contributed by atoms with E-state index in [1.807, 2.05) is 11.6 Å². The molecule has 134 valence electrons. The first-order valence-corrected chi connectivity index (χ1v) is 11.5. The minimum Gasteiger partial charge on any atom is -0.309 e. The first kappa shape index (κ1) is 17.1. The average molecular weight is 378 g/mol. The number of aryl methyl sites for hydroxylation is 1. The standard InChI is InChI=1S/C18H23N3O2S2/c1-21-17(11-13-9-10-25(22,23)12-13)19-20-18(21)24-16-8-4-6-14-5-2-3-7-15(14)16/h2-3,5,7,13,16H,4,6,8-12H2,1H3/t13-,16-/m1/s1. The van der Waals surface area contributed by atoms with Crippen molar-refractivity contribution in [3.8, 4) is 0 Å². The van der Waals surface area contributed by atoms with Gasteiger partial charge in [0.15, 0.2) is 15.0 Å². The van der Waals surface area contributed by atoms with Crippen LogP contribution in [0.15, 0.2) is 29.4 Å². The van der Waals surface area contributed by atoms with Crippen LogP contribution < -0.4 is 0 Å². The lowest BCUT2D eigenvalue weighted by Gasteiger charge is -2.24. The smallest absolute Gasteiger partial charge is 0.191 e. The van der Waals surface area contributed by atoms with E-state index in [4.69, 9.17) is 0 Å². The Bertz CT molecular complexity index is 876. The monoisotopic (exact) mass is 377 g/mol. The highest BCUT2D eigenvalue weighted by Crippen LogP contribution is 2.42. The molecule has 2 aromatic rings. The van der Waals surface area contributed by atoms with Crippen molar-refractivity contribution in [3.05, 3.63) is 41.2 Å². The van der Waals surface area contributed by atoms with Crippen molar-refractivity contribution in [2.45, 2.75) is 42.5 Å². The van der Waals surface area contributed by atoms with Crippen molar-refractivity contribution in [1.82, 2.24) is 14.8 Å². The van der Waals surface area contributed by atoms with Gasteiger partial charge in [0, 0.05) is 18.7 Å². The zero-order valence-corrected chi connectivity index (χ0v) is 16.0. The molecule has 0 amide bonds. The van der Waals surface area contributed by atoms with Crippen molar-refractivity contribution in [2.75, 3.05) is 11.5 Å². The number of rotatable bonds is 4. The fourth-order valence-corrected chi connectivity index (χ4v) is 6.98. The molecule has 0 unspecified atom stereocenters. The summed E-state index contributed by atoms with van der Waals surface area (Å²) in [6.45, 7) is 0. The van der Waals surface area contributed by atoms with Crippen LogP contribution in [0.25, 0.3) is 0 Å². The van der Waals surface area contributed by atoms with Crippen molar-refractivity contribution < 1.29 is 8.42 Å². The van der Waals surface area contributed by atoms with Crippen LogP contribution in [-0.2, 0) is 29.7 Å². The summed E-state index contributed by atoms with van der Waals surface area (Å²) >= 11 is 1.78. The molecule has 1 saturated heterocycles. The van der Waals surface area contributed by atoms with Crippen molar-refractivity contribution in [3.63, 3.8) is 0 Å². The molecule has 2 atom stereocenters. The van der Waals surface area contributed by atoms with E-state index in [0.717, 1.165) is 30.2 Å². The molecule has 1 aromatic carbocycles. The summed E-state index contributed by atoms with van der Waals surface area (Å²) in [5, 5.41) is 10.1. The maximum atomic E-state index is 11.7. The van der Waals surface area contributed by atoms with Crippen molar-refractivity contribution in [2.24, 2.45) is 13.0 Å². The molecule has 0 spiro atoms. The molecule has 1 aromatic heterocycles. The van der Waals surface area contributed by atoms with Crippen LogP contribution in [0.5, 0.6) is 0 Å². The van der Waals surface area contributed by atoms with Crippen LogP contribution in [0.4, 0.5) is 0 Å². The Labute approximate surface area is 153 Å². The summed E-state index contributed by atoms with van der Waals surface area (Å²) in [4.78, 5) is 0. The van der Waals surface area contributed by atoms with E-state index in [-0.39, 0.29) is 5.92 Å². The highest BCUT2D eigenvalue weighted by Gasteiger charge is 2.30. The molecule has 4 rings (SSSR count). The zero-order chi connectivity index (χ0) is 17.4. The van der Waals surface area contributed by atoms with Gasteiger partial charge in [0.25, 0.3) is 0 Å². The van der Waals surface area contributed by atoms with Crippen LogP contribution in [0, 0.1) is 5.92 Å². The second kappa shape index (κ2) is 6.76. The van der Waals surface area contributed by atoms with Gasteiger partial charge in [-0.05, 0) is 42.7 Å². The number of nitrogens with zero attached hydrogens (tertiary/aromatic N) is 3. The van der Waals surface area contributed by atoms with Gasteiger partial charge in [0.1, 0.15) is 5.82 Å². The third kappa shape index (κ3) is 3.62. The second-order valence-corrected chi connectivity index (χ2v) is 10.5. The fourth-order valence-electron chi connectivity index (χ4n) is 3.88. The van der Waals surface area contributed by atoms with Crippen LogP contribution >= 0.6 is 11.8 Å². The third-order valence-corrected chi connectivity index (χ3v) is 8.46. The first-order chi connectivity index (χ1) is 12.0. The van der Waals surface area contributed by atoms with E-state index in [0.29, 0.717) is 23.2 Å². The van der Waals surface area contributed by atoms with E-state index in [9.17, 15) is 8.42 Å². The Morgan fingerprint density at radius 2 is 2.08 bits per heavy atom. The first-order valence-electron chi connectivity index (χ1n) is 8.85. The molecule has 0 N–H and O–H groups in total. The average Bonchev–Trinajstić information content (AvgIpc) is 3.11. The summed E-state index contributed by atoms with van der Waals surface area (Å²) in [6.07, 6.45) is 4.97. The van der Waals surface area contributed by atoms with E-state index < -0.39 is 9.84 Å². The van der Waals surface area contributed by atoms with Gasteiger partial charge >= 0.3 is 0 Å². The number of aromatic nitrogens is 3. The minimum atomic E-state index is -2.84. The fraction of sp³-hybridized carbons (Fsp3) is 0.556. The maximum absolute atomic E-state index is 11.7. The van der Waals surface area contributed by atoms with Gasteiger partial charge < -0.3 is 4.57 Å². The van der Waals surface area contributed by atoms with Crippen LogP contribution in [0.1, 0.15) is 41.5 Å². The normalized spacial score (nSPS) is 25.0. The Hall–Kier alpha value is -1.34. The summed E-state index contributed by atoms with van der Waals surface area (Å²) in [5.74, 6) is 1.68. The second-order valence-electron chi connectivity index (χ2n) is 7.13. The van der Waals surface area contributed by atoms with Crippen molar-refractivity contribution in [1.29, 1.82) is 0 Å². The largest absolute Gasteiger partial charge is 0.309 e. The number of hydrogen-bond acceptors (Lipinski definition) is 5. The van der Waals surface area contributed by atoms with Gasteiger partial charge in [-0.15, -0.1) is 10.2 Å². The number of hydrogen-bond donors (Lipinski definition) is 0. The van der Waals surface area contributed by atoms with Crippen LogP contribution in [0.3, 0.4) is 0 Å². The number of thioether (sulfide) groups is 1. The zero-order valence-electron chi connectivity index (χ0n) is 14.4. The van der Waals surface area contributed by atoms with E-state index in [1.165, 1.54) is 17.5 Å². The molecule has 7 heteroatoms. The molecule has 1 aliphatic heterocycles. The topological polar surface area (TPSA) is 64.8 Å². The molecule has 0 saturated carbocycles. The molecule has 2 aliphatic rings. The van der Waals surface area contributed by atoms with Gasteiger partial charge in [0.2, 0.25) is 0 Å². The molecule has 0 bridgehead atoms. The molecule has 5 nitrogen and oxygen atoms in total. The van der Waals surface area contributed by atoms with E-state index >= 15 is 0 Å². The van der Waals surface area contributed by atoms with Gasteiger partial charge in [-0.3, -0.25) is 0 Å². The lowest BCUT2D eigenvalue weighted by molar-refractivity contribution is 0.552. The van der Waals surface area contributed by atoms with Gasteiger partial charge in [-0.1, -0.05) is 36.0 Å². The molecule has 1 aliphatic carbocycles. The SMILES string of the molecule is Cn1c(C[C@H]2CCS(=O)(=O)C2)nnc1S[C@@H]1CCCc2ccccc21. The maximum Gasteiger partial charge on any atom is 0.191 e. The molecular weight excluding hydrogens is 354 g/mol. The van der Waals surface area contributed by atoms with Gasteiger partial charge in [0.05, 0.1) is 11.5 Å². The summed E-state index contributed by atoms with van der Waals surface area (Å²) in [7, 11) is -0.845. The van der Waals surface area contributed by atoms with Gasteiger partial charge in [-0.2, -0.15) is 0 Å². The van der Waals surface area contributed by atoms with Crippen LogP contribution in [-0.4, -0.2) is 34.7 Å². The summed E-state index contributed by atoms with van der Waals surface area (Å²) in [5.41, 5.74) is 2.87. The van der Waals surface area contributed by atoms with Crippen molar-refractivity contribution >= 4 is 21.6 Å². The quantitative estimate of drug-likeness (QED) is 0.820. The summed E-state index contributed by atoms with van der Waals surface area (Å²) in [6, 6.07) is 8.68. The summed E-state index contributed by atoms with van der Waals surface area (Å²) < 4.78 is 25.4. The molecule has 1 fully saturated rings. The number of sulfone groups is 1. The third-order valence-electron chi connectivity index (χ3n) is 5.29. The molecule has 25 heavy (non-hydrogen) atoms. The number of fused-ring (bicyclic) bond motifs is 1. The predicted octanol–water partition coefficient (Wildman–Crippen LogP) is 2.96. The van der Waals surface area contributed by atoms with E-state index in [2.05, 4.69) is 34.5 Å². The Balaban J connectivity index is 1.49. The highest BCUT2D eigenvalue weighted by molar-refractivity contribution is 7.99. The lowest BCUT2D eigenvalue weighted by Crippen LogP contribution is -2.11. The Morgan fingerprint density at radius 1 is 1.24 bits per heavy atom. The van der Waals surface area contributed by atoms with E-state index in [1.54, 1.807) is 11.8 Å². The molecule has 2 heterocycles. The lowest BCUT2D eigenvalue weighted by atomic mass is 9.91. The Morgan fingerprint density at radius 3 is 2.88 bits per heavy atom. The number of benzene rings is 1. The predicted molar refractivity (Wildman–Crippen MR) is 99.4 cm³/mol. The van der Waals surface area contributed by atoms with Gasteiger partial charge in [-0.25, -0.2) is 8.42 Å². The molecular formula is C18H23N3O2S2. The van der Waals surface area contributed by atoms with Crippen LogP contribution in [0.2, 0.25) is 0 Å².